The van der Waals surface area contributed by atoms with Crippen molar-refractivity contribution in [3.8, 4) is 0 Å². The Balaban J connectivity index is 6.47. The van der Waals surface area contributed by atoms with Gasteiger partial charge in [-0.05, 0) is 27.7 Å². The van der Waals surface area contributed by atoms with Crippen LogP contribution in [0.1, 0.15) is 27.7 Å². The molecular formula is C34H52O19. The molecule has 0 saturated heterocycles. The molecule has 8 atom stereocenters. The lowest BCUT2D eigenvalue weighted by atomic mass is 10.0. The molecule has 0 aromatic rings. The molecular weight excluding hydrogens is 712 g/mol. The molecule has 302 valence electrons. The van der Waals surface area contributed by atoms with Crippen molar-refractivity contribution in [1.82, 2.24) is 0 Å². The highest BCUT2D eigenvalue weighted by Crippen LogP contribution is 2.20. The summed E-state index contributed by atoms with van der Waals surface area (Å²) in [5.41, 5.74) is 0. The predicted octanol–water partition coefficient (Wildman–Crippen LogP) is -2.04. The van der Waals surface area contributed by atoms with Crippen molar-refractivity contribution in [3.63, 3.8) is 0 Å². The highest BCUT2D eigenvalue weighted by atomic mass is 16.6. The fourth-order valence-corrected chi connectivity index (χ4v) is 3.74. The number of hydrogen-bond donors (Lipinski definition) is 6. The number of aliphatic hydroxyl groups is 6. The van der Waals surface area contributed by atoms with E-state index in [0.717, 1.165) is 24.3 Å². The Bertz CT molecular complexity index is 1200. The first-order chi connectivity index (χ1) is 25.2. The van der Waals surface area contributed by atoms with E-state index in [0.29, 0.717) is 0 Å². The second-order valence-corrected chi connectivity index (χ2v) is 10.9. The summed E-state index contributed by atoms with van der Waals surface area (Å²) in [5.74, 6) is -4.50. The number of aliphatic hydroxyl groups excluding tert-OH is 6. The van der Waals surface area contributed by atoms with E-state index < -0.39 is 138 Å². The average Bonchev–Trinajstić information content (AvgIpc) is 3.12. The van der Waals surface area contributed by atoms with Crippen LogP contribution in [-0.4, -0.2) is 169 Å². The van der Waals surface area contributed by atoms with Gasteiger partial charge in [0, 0.05) is 24.3 Å². The summed E-state index contributed by atoms with van der Waals surface area (Å²) >= 11 is 0. The number of ether oxygens (including phenoxy) is 8. The third kappa shape index (κ3) is 23.3. The second-order valence-electron chi connectivity index (χ2n) is 10.9. The highest BCUT2D eigenvalue weighted by Gasteiger charge is 2.42. The van der Waals surface area contributed by atoms with E-state index in [1.165, 1.54) is 24.3 Å². The Labute approximate surface area is 307 Å². The van der Waals surface area contributed by atoms with Crippen LogP contribution in [0.15, 0.2) is 48.6 Å². The van der Waals surface area contributed by atoms with Crippen molar-refractivity contribution in [1.29, 1.82) is 0 Å². The van der Waals surface area contributed by atoms with Crippen LogP contribution in [0.2, 0.25) is 0 Å². The molecule has 0 amide bonds. The van der Waals surface area contributed by atoms with Crippen molar-refractivity contribution in [3.05, 3.63) is 48.6 Å². The van der Waals surface area contributed by atoms with Crippen molar-refractivity contribution < 1.29 is 92.5 Å². The zero-order valence-corrected chi connectivity index (χ0v) is 30.1. The molecule has 53 heavy (non-hydrogen) atoms. The third-order valence-corrected chi connectivity index (χ3v) is 6.15. The van der Waals surface area contributed by atoms with Gasteiger partial charge in [0.2, 0.25) is 0 Å². The minimum absolute atomic E-state index is 0.580. The zero-order chi connectivity index (χ0) is 40.2. The summed E-state index contributed by atoms with van der Waals surface area (Å²) in [6, 6.07) is 0. The third-order valence-electron chi connectivity index (χ3n) is 6.15. The van der Waals surface area contributed by atoms with Gasteiger partial charge >= 0.3 is 29.8 Å². The summed E-state index contributed by atoms with van der Waals surface area (Å²) in [6.45, 7) is -0.180. The molecule has 0 rings (SSSR count). The maximum Gasteiger partial charge on any atom is 0.338 e. The van der Waals surface area contributed by atoms with Gasteiger partial charge in [-0.3, -0.25) is 0 Å². The molecule has 0 heterocycles. The van der Waals surface area contributed by atoms with Crippen LogP contribution in [-0.2, 0) is 61.9 Å². The molecule has 4 unspecified atom stereocenters. The number of allylic oxidation sites excluding steroid dienone is 4. The van der Waals surface area contributed by atoms with Gasteiger partial charge in [0.15, 0.2) is 6.10 Å². The topological polar surface area (TPSA) is 281 Å². The molecule has 0 aliphatic heterocycles. The fourth-order valence-electron chi connectivity index (χ4n) is 3.74. The minimum atomic E-state index is -2.04. The number of hydrogen-bond acceptors (Lipinski definition) is 19. The number of carbonyl (C=O) groups excluding carboxylic acids is 5. The standard InChI is InChI=1S/C34H52O19/c1-5-9-27(41)46-14-22(36)18-50-31(26(40)13-35)32(51-19-23(37)15-47-28(42)10-6-2)33(52-20-24(38)16-48-29(43)11-7-3)34(45)53-21-25(39)17-49-30(44)12-8-4/h5-12,22-26,31-33,35-40H,13-21H2,1-4H3/t22?,23?,24?,25?,26-,31-,32+,33-/m1/s1. The lowest BCUT2D eigenvalue weighted by Crippen LogP contribution is -2.55. The van der Waals surface area contributed by atoms with Crippen LogP contribution in [0, 0.1) is 0 Å². The first-order valence-electron chi connectivity index (χ1n) is 16.4. The molecule has 0 aromatic carbocycles. The number of carbonyl (C=O) groups is 5. The van der Waals surface area contributed by atoms with Gasteiger partial charge < -0.3 is 68.5 Å². The monoisotopic (exact) mass is 764 g/mol. The molecule has 0 aliphatic carbocycles. The maximum absolute atomic E-state index is 13.5. The Morgan fingerprint density at radius 1 is 0.453 bits per heavy atom. The van der Waals surface area contributed by atoms with Gasteiger partial charge in [-0.2, -0.15) is 0 Å². The van der Waals surface area contributed by atoms with Crippen LogP contribution < -0.4 is 0 Å². The van der Waals surface area contributed by atoms with E-state index in [1.54, 1.807) is 27.7 Å². The molecule has 0 radical (unpaired) electrons. The molecule has 19 heteroatoms. The van der Waals surface area contributed by atoms with Crippen LogP contribution in [0.4, 0.5) is 0 Å². The second kappa shape index (κ2) is 29.4. The predicted molar refractivity (Wildman–Crippen MR) is 180 cm³/mol. The highest BCUT2D eigenvalue weighted by molar-refractivity contribution is 5.82. The fraction of sp³-hybridized carbons (Fsp3) is 0.618. The van der Waals surface area contributed by atoms with Gasteiger partial charge in [-0.15, -0.1) is 0 Å². The lowest BCUT2D eigenvalue weighted by Gasteiger charge is -2.35. The van der Waals surface area contributed by atoms with Gasteiger partial charge in [0.25, 0.3) is 0 Å². The van der Waals surface area contributed by atoms with Gasteiger partial charge in [-0.25, -0.2) is 24.0 Å². The normalized spacial score (nSPS) is 16.5. The summed E-state index contributed by atoms with van der Waals surface area (Å²) in [7, 11) is 0. The maximum atomic E-state index is 13.5. The summed E-state index contributed by atoms with van der Waals surface area (Å²) < 4.78 is 41.6. The van der Waals surface area contributed by atoms with Crippen LogP contribution in [0.25, 0.3) is 0 Å². The van der Waals surface area contributed by atoms with Crippen molar-refractivity contribution in [2.45, 2.75) is 76.5 Å². The Hall–Kier alpha value is -4.05. The summed E-state index contributed by atoms with van der Waals surface area (Å²) in [6.07, 6.45) is -3.93. The Kier molecular flexibility index (Phi) is 27.2. The molecule has 0 fully saturated rings. The molecule has 19 nitrogen and oxygen atoms in total. The van der Waals surface area contributed by atoms with E-state index in [2.05, 4.69) is 0 Å². The van der Waals surface area contributed by atoms with Crippen LogP contribution in [0.3, 0.4) is 0 Å². The van der Waals surface area contributed by atoms with Crippen molar-refractivity contribution in [2.24, 2.45) is 0 Å². The van der Waals surface area contributed by atoms with Crippen LogP contribution >= 0.6 is 0 Å². The average molecular weight is 765 g/mol. The lowest BCUT2D eigenvalue weighted by molar-refractivity contribution is -0.209. The van der Waals surface area contributed by atoms with E-state index in [9.17, 15) is 54.6 Å². The van der Waals surface area contributed by atoms with E-state index in [4.69, 9.17) is 37.9 Å². The number of esters is 5. The summed E-state index contributed by atoms with van der Waals surface area (Å²) in [4.78, 5) is 60.3. The molecule has 0 aromatic heterocycles. The first kappa shape index (κ1) is 49.0. The molecule has 0 saturated carbocycles. The van der Waals surface area contributed by atoms with Crippen molar-refractivity contribution in [2.75, 3.05) is 59.5 Å². The Morgan fingerprint density at radius 3 is 1.09 bits per heavy atom. The molecule has 0 spiro atoms. The number of rotatable bonds is 28. The summed E-state index contributed by atoms with van der Waals surface area (Å²) in [5, 5.41) is 62.3. The largest absolute Gasteiger partial charge is 0.461 e. The van der Waals surface area contributed by atoms with Crippen molar-refractivity contribution >= 4 is 29.8 Å². The molecule has 6 N–H and O–H groups in total. The minimum Gasteiger partial charge on any atom is -0.461 e. The molecule has 0 bridgehead atoms. The van der Waals surface area contributed by atoms with Gasteiger partial charge in [0.1, 0.15) is 75.8 Å². The Morgan fingerprint density at radius 2 is 0.755 bits per heavy atom. The van der Waals surface area contributed by atoms with E-state index >= 15 is 0 Å². The smallest absolute Gasteiger partial charge is 0.338 e. The molecule has 0 aliphatic rings. The van der Waals surface area contributed by atoms with E-state index in [-0.39, 0.29) is 0 Å². The zero-order valence-electron chi connectivity index (χ0n) is 30.1. The van der Waals surface area contributed by atoms with Gasteiger partial charge in [0.05, 0.1) is 26.4 Å². The quantitative estimate of drug-likeness (QED) is 0.0284. The van der Waals surface area contributed by atoms with Gasteiger partial charge in [-0.1, -0.05) is 24.3 Å². The van der Waals surface area contributed by atoms with E-state index in [1.807, 2.05) is 0 Å². The SMILES string of the molecule is CC=CC(=O)OCC(O)COC(=O)[C@H](OCC(O)COC(=O)C=CC)[C@@H](OCC(O)COC(=O)C=CC)[C@H](OCC(O)COC(=O)C=CC)[C@H](O)CO. The first-order valence-corrected chi connectivity index (χ1v) is 16.4. The van der Waals surface area contributed by atoms with Crippen LogP contribution in [0.5, 0.6) is 0 Å².